The molecular weight excluding hydrogens is 361 g/mol. The normalized spacial score (nSPS) is 11.0. The number of ether oxygens (including phenoxy) is 1. The highest BCUT2D eigenvalue weighted by molar-refractivity contribution is 5.96. The Balaban J connectivity index is 2.01. The number of hydrogen-bond donors (Lipinski definition) is 0. The van der Waals surface area contributed by atoms with Gasteiger partial charge in [-0.15, -0.1) is 13.2 Å². The second-order valence-corrected chi connectivity index (χ2v) is 5.93. The third kappa shape index (κ3) is 6.02. The number of rotatable bonds is 6. The smallest absolute Gasteiger partial charge is 0.405 e. The lowest BCUT2D eigenvalue weighted by Gasteiger charge is -2.23. The van der Waals surface area contributed by atoms with Crippen molar-refractivity contribution in [1.29, 1.82) is 0 Å². The van der Waals surface area contributed by atoms with Crippen LogP contribution in [0.1, 0.15) is 15.9 Å². The predicted octanol–water partition coefficient (Wildman–Crippen LogP) is 3.32. The first-order valence-corrected chi connectivity index (χ1v) is 8.05. The Morgan fingerprint density at radius 3 is 2.15 bits per heavy atom. The van der Waals surface area contributed by atoms with Gasteiger partial charge in [-0.25, -0.2) is 0 Å². The molecule has 2 aromatic rings. The Morgan fingerprint density at radius 1 is 0.926 bits per heavy atom. The molecule has 0 heterocycles. The maximum Gasteiger partial charge on any atom is 0.573 e. The van der Waals surface area contributed by atoms with Crippen LogP contribution in [0.5, 0.6) is 5.75 Å². The van der Waals surface area contributed by atoms with E-state index in [9.17, 15) is 22.8 Å². The van der Waals surface area contributed by atoms with Crippen molar-refractivity contribution in [3.8, 4) is 5.75 Å². The topological polar surface area (TPSA) is 49.9 Å². The van der Waals surface area contributed by atoms with E-state index < -0.39 is 12.3 Å². The highest BCUT2D eigenvalue weighted by atomic mass is 19.4. The van der Waals surface area contributed by atoms with Crippen molar-refractivity contribution in [3.05, 3.63) is 65.7 Å². The predicted molar refractivity (Wildman–Crippen MR) is 93.0 cm³/mol. The van der Waals surface area contributed by atoms with Gasteiger partial charge >= 0.3 is 6.36 Å². The first-order chi connectivity index (χ1) is 12.7. The molecule has 0 aliphatic carbocycles. The van der Waals surface area contributed by atoms with Crippen LogP contribution < -0.4 is 4.74 Å². The fourth-order valence-corrected chi connectivity index (χ4v) is 2.40. The Labute approximate surface area is 154 Å². The van der Waals surface area contributed by atoms with Gasteiger partial charge < -0.3 is 14.5 Å². The first-order valence-electron chi connectivity index (χ1n) is 8.05. The van der Waals surface area contributed by atoms with Crippen LogP contribution in [-0.2, 0) is 11.3 Å². The van der Waals surface area contributed by atoms with Gasteiger partial charge in [0.1, 0.15) is 5.75 Å². The highest BCUT2D eigenvalue weighted by Gasteiger charge is 2.32. The molecular formula is C19H19F3N2O3. The molecule has 0 atom stereocenters. The van der Waals surface area contributed by atoms with Gasteiger partial charge in [-0.05, 0) is 18.2 Å². The van der Waals surface area contributed by atoms with E-state index in [1.807, 2.05) is 0 Å². The molecule has 0 radical (unpaired) electrons. The van der Waals surface area contributed by atoms with Crippen LogP contribution in [0.2, 0.25) is 0 Å². The molecule has 0 saturated carbocycles. The second-order valence-electron chi connectivity index (χ2n) is 5.93. The van der Waals surface area contributed by atoms with Crippen molar-refractivity contribution in [3.63, 3.8) is 0 Å². The zero-order chi connectivity index (χ0) is 20.0. The van der Waals surface area contributed by atoms with Gasteiger partial charge in [0, 0.05) is 31.8 Å². The molecule has 0 aromatic heterocycles. The van der Waals surface area contributed by atoms with E-state index in [-0.39, 0.29) is 30.3 Å². The summed E-state index contributed by atoms with van der Waals surface area (Å²) in [6.07, 6.45) is -4.82. The number of alkyl halides is 3. The van der Waals surface area contributed by atoms with Crippen LogP contribution in [-0.4, -0.2) is 48.6 Å². The molecule has 0 aliphatic heterocycles. The molecule has 0 fully saturated rings. The van der Waals surface area contributed by atoms with Gasteiger partial charge in [0.25, 0.3) is 5.91 Å². The van der Waals surface area contributed by atoms with Gasteiger partial charge in [-0.1, -0.05) is 36.4 Å². The van der Waals surface area contributed by atoms with E-state index in [4.69, 9.17) is 0 Å². The van der Waals surface area contributed by atoms with Gasteiger partial charge in [0.15, 0.2) is 0 Å². The fraction of sp³-hybridized carbons (Fsp3) is 0.263. The lowest BCUT2D eigenvalue weighted by molar-refractivity contribution is -0.275. The summed E-state index contributed by atoms with van der Waals surface area (Å²) in [7, 11) is 2.94. The third-order valence-corrected chi connectivity index (χ3v) is 3.77. The van der Waals surface area contributed by atoms with Crippen LogP contribution in [0.15, 0.2) is 54.6 Å². The molecule has 2 amide bonds. The first kappa shape index (κ1) is 20.3. The Bertz CT molecular complexity index is 794. The number of carbonyl (C=O) groups excluding carboxylic acids is 2. The Kier molecular flexibility index (Phi) is 6.44. The molecule has 0 aliphatic rings. The van der Waals surface area contributed by atoms with Gasteiger partial charge in [-0.3, -0.25) is 9.59 Å². The van der Waals surface area contributed by atoms with E-state index in [0.29, 0.717) is 5.56 Å². The summed E-state index contributed by atoms with van der Waals surface area (Å²) < 4.78 is 41.5. The monoisotopic (exact) mass is 380 g/mol. The zero-order valence-corrected chi connectivity index (χ0v) is 14.9. The average molecular weight is 380 g/mol. The molecule has 0 bridgehead atoms. The number of carbonyl (C=O) groups is 2. The van der Waals surface area contributed by atoms with Gasteiger partial charge in [0.05, 0.1) is 6.54 Å². The number of halogens is 3. The lowest BCUT2D eigenvalue weighted by atomic mass is 10.2. The van der Waals surface area contributed by atoms with Crippen LogP contribution in [0.25, 0.3) is 0 Å². The quantitative estimate of drug-likeness (QED) is 0.773. The van der Waals surface area contributed by atoms with Crippen molar-refractivity contribution < 1.29 is 27.5 Å². The minimum atomic E-state index is -4.82. The minimum Gasteiger partial charge on any atom is -0.405 e. The summed E-state index contributed by atoms with van der Waals surface area (Å²) in [4.78, 5) is 27.1. The number of likely N-dealkylation sites (N-methyl/N-ethyl adjacent to an activating group) is 2. The molecule has 0 N–H and O–H groups in total. The van der Waals surface area contributed by atoms with E-state index in [1.54, 1.807) is 36.4 Å². The number of para-hydroxylation sites is 1. The maximum atomic E-state index is 12.5. The summed E-state index contributed by atoms with van der Waals surface area (Å²) >= 11 is 0. The van der Waals surface area contributed by atoms with E-state index in [1.165, 1.54) is 42.1 Å². The average Bonchev–Trinajstić information content (AvgIpc) is 2.62. The number of benzene rings is 2. The molecule has 5 nitrogen and oxygen atoms in total. The summed E-state index contributed by atoms with van der Waals surface area (Å²) in [5.41, 5.74) is 0.655. The van der Waals surface area contributed by atoms with Crippen LogP contribution in [0.3, 0.4) is 0 Å². The van der Waals surface area contributed by atoms with Crippen LogP contribution in [0.4, 0.5) is 13.2 Å². The maximum absolute atomic E-state index is 12.5. The van der Waals surface area contributed by atoms with Gasteiger partial charge in [-0.2, -0.15) is 0 Å². The van der Waals surface area contributed by atoms with Crippen molar-refractivity contribution in [2.24, 2.45) is 0 Å². The van der Waals surface area contributed by atoms with Crippen LogP contribution in [0, 0.1) is 0 Å². The molecule has 0 unspecified atom stereocenters. The second kappa shape index (κ2) is 8.57. The fourth-order valence-electron chi connectivity index (χ4n) is 2.40. The molecule has 2 rings (SSSR count). The molecule has 144 valence electrons. The summed E-state index contributed by atoms with van der Waals surface area (Å²) in [6, 6.07) is 14.1. The largest absolute Gasteiger partial charge is 0.573 e. The Morgan fingerprint density at radius 2 is 1.52 bits per heavy atom. The Hall–Kier alpha value is -3.03. The number of amides is 2. The standard InChI is InChI=1S/C19H19F3N2O3/c1-23(12-15-10-6-7-11-16(15)27-19(20,21)22)17(25)13-24(2)18(26)14-8-4-3-5-9-14/h3-11H,12-13H2,1-2H3. The molecule has 2 aromatic carbocycles. The molecule has 27 heavy (non-hydrogen) atoms. The van der Waals surface area contributed by atoms with Crippen molar-refractivity contribution in [2.75, 3.05) is 20.6 Å². The molecule has 0 saturated heterocycles. The van der Waals surface area contributed by atoms with E-state index in [2.05, 4.69) is 4.74 Å². The van der Waals surface area contributed by atoms with E-state index in [0.717, 1.165) is 0 Å². The number of nitrogens with zero attached hydrogens (tertiary/aromatic N) is 2. The van der Waals surface area contributed by atoms with Gasteiger partial charge in [0.2, 0.25) is 5.91 Å². The third-order valence-electron chi connectivity index (χ3n) is 3.77. The molecule has 8 heteroatoms. The highest BCUT2D eigenvalue weighted by Crippen LogP contribution is 2.26. The van der Waals surface area contributed by atoms with Crippen molar-refractivity contribution >= 4 is 11.8 Å². The minimum absolute atomic E-state index is 0.0849. The van der Waals surface area contributed by atoms with Crippen molar-refractivity contribution in [2.45, 2.75) is 12.9 Å². The summed E-state index contributed by atoms with van der Waals surface area (Å²) in [5.74, 6) is -1.10. The lowest BCUT2D eigenvalue weighted by Crippen LogP contribution is -2.39. The van der Waals surface area contributed by atoms with E-state index >= 15 is 0 Å². The summed E-state index contributed by atoms with van der Waals surface area (Å²) in [5, 5.41) is 0. The zero-order valence-electron chi connectivity index (χ0n) is 14.9. The van der Waals surface area contributed by atoms with Crippen LogP contribution >= 0.6 is 0 Å². The number of hydrogen-bond acceptors (Lipinski definition) is 3. The molecule has 0 spiro atoms. The van der Waals surface area contributed by atoms with Crippen molar-refractivity contribution in [1.82, 2.24) is 9.80 Å². The SMILES string of the molecule is CN(Cc1ccccc1OC(F)(F)F)C(=O)CN(C)C(=O)c1ccccc1. The summed E-state index contributed by atoms with van der Waals surface area (Å²) in [6.45, 7) is -0.287.